The van der Waals surface area contributed by atoms with Gasteiger partial charge in [-0.1, -0.05) is 42.5 Å². The van der Waals surface area contributed by atoms with Gasteiger partial charge in [-0.15, -0.1) is 0 Å². The lowest BCUT2D eigenvalue weighted by Crippen LogP contribution is -2.42. The molecule has 1 aromatic heterocycles. The Morgan fingerprint density at radius 2 is 1.65 bits per heavy atom. The second-order valence-electron chi connectivity index (χ2n) is 9.39. The first-order valence-corrected chi connectivity index (χ1v) is 11.9. The van der Waals surface area contributed by atoms with Crippen LogP contribution in [0.4, 0.5) is 23.2 Å². The molecule has 0 aliphatic carbocycles. The van der Waals surface area contributed by atoms with Crippen molar-refractivity contribution in [2.75, 3.05) is 18.0 Å². The number of nitrogens with zero attached hydrogens (tertiary/aromatic N) is 2. The molecule has 190 valence electrons. The van der Waals surface area contributed by atoms with Crippen LogP contribution in [-0.4, -0.2) is 29.2 Å². The number of aliphatic hydroxyl groups is 1. The van der Waals surface area contributed by atoms with Crippen LogP contribution in [0.2, 0.25) is 0 Å². The molecule has 37 heavy (non-hydrogen) atoms. The Bertz CT molecular complexity index is 1470. The lowest BCUT2D eigenvalue weighted by Gasteiger charge is -2.39. The molecular formula is C29H24F4N2O2. The third kappa shape index (κ3) is 4.46. The molecule has 1 saturated heterocycles. The Hall–Kier alpha value is -3.78. The molecule has 4 aromatic rings. The van der Waals surface area contributed by atoms with Gasteiger partial charge in [-0.05, 0) is 61.2 Å². The molecule has 1 fully saturated rings. The second-order valence-corrected chi connectivity index (χ2v) is 9.39. The van der Waals surface area contributed by atoms with Crippen molar-refractivity contribution >= 4 is 22.6 Å². The lowest BCUT2D eigenvalue weighted by molar-refractivity contribution is -0.157. The molecule has 3 aromatic carbocycles. The zero-order chi connectivity index (χ0) is 26.4. The summed E-state index contributed by atoms with van der Waals surface area (Å²) >= 11 is 0. The summed E-state index contributed by atoms with van der Waals surface area (Å²) in [5.41, 5.74) is 0.0643. The van der Waals surface area contributed by atoms with Crippen molar-refractivity contribution in [3.63, 3.8) is 0 Å². The maximum Gasteiger partial charge on any atom is 0.375 e. The monoisotopic (exact) mass is 508 g/mol. The number of hydrogen-bond acceptors (Lipinski definition) is 4. The highest BCUT2D eigenvalue weighted by molar-refractivity contribution is 6.00. The number of hydrogen-bond donors (Lipinski definition) is 1. The molecule has 0 saturated carbocycles. The maximum atomic E-state index is 14.9. The largest absolute Gasteiger partial charge is 0.385 e. The Morgan fingerprint density at radius 3 is 2.27 bits per heavy atom. The first kappa shape index (κ1) is 24.9. The third-order valence-corrected chi connectivity index (χ3v) is 7.11. The molecule has 0 bridgehead atoms. The van der Waals surface area contributed by atoms with E-state index in [0.29, 0.717) is 37.1 Å². The zero-order valence-electron chi connectivity index (χ0n) is 20.0. The molecule has 0 radical (unpaired) electrons. The van der Waals surface area contributed by atoms with E-state index in [1.54, 1.807) is 12.1 Å². The van der Waals surface area contributed by atoms with Gasteiger partial charge >= 0.3 is 12.0 Å². The highest BCUT2D eigenvalue weighted by Gasteiger charge is 2.46. The summed E-state index contributed by atoms with van der Waals surface area (Å²) in [4.78, 5) is 17.6. The molecule has 5 rings (SSSR count). The number of fused-ring (bicyclic) bond motifs is 1. The van der Waals surface area contributed by atoms with Gasteiger partial charge in [0, 0.05) is 35.4 Å². The van der Waals surface area contributed by atoms with Crippen molar-refractivity contribution in [1.82, 2.24) is 4.98 Å². The van der Waals surface area contributed by atoms with Crippen LogP contribution in [0.15, 0.2) is 72.8 Å². The summed E-state index contributed by atoms with van der Waals surface area (Å²) in [5, 5.41) is 11.5. The van der Waals surface area contributed by atoms with Crippen LogP contribution < -0.4 is 4.90 Å². The van der Waals surface area contributed by atoms with Gasteiger partial charge in [0.15, 0.2) is 0 Å². The number of rotatable bonds is 5. The maximum absolute atomic E-state index is 14.9. The fraction of sp³-hybridized carbons (Fsp3) is 0.241. The summed E-state index contributed by atoms with van der Waals surface area (Å²) < 4.78 is 57.1. The topological polar surface area (TPSA) is 53.4 Å². The number of benzene rings is 3. The van der Waals surface area contributed by atoms with Crippen LogP contribution in [0.25, 0.3) is 22.0 Å². The van der Waals surface area contributed by atoms with Crippen molar-refractivity contribution in [2.45, 2.75) is 31.3 Å². The summed E-state index contributed by atoms with van der Waals surface area (Å²) in [5.74, 6) is -4.99. The van der Waals surface area contributed by atoms with Gasteiger partial charge in [0.05, 0.1) is 16.7 Å². The SMILES string of the molecule is Cc1nc2ccc(N3CCC(O)(c4ccccc4)CC3)cc2c(-c2ccc(F)cc2)c1C(F)(F)C(=O)F. The van der Waals surface area contributed by atoms with Gasteiger partial charge in [0.25, 0.3) is 0 Å². The van der Waals surface area contributed by atoms with E-state index >= 15 is 0 Å². The fourth-order valence-corrected chi connectivity index (χ4v) is 5.14. The average molecular weight is 509 g/mol. The van der Waals surface area contributed by atoms with E-state index in [4.69, 9.17) is 0 Å². The molecule has 1 N–H and O–H groups in total. The minimum atomic E-state index is -4.43. The Labute approximate surface area is 211 Å². The highest BCUT2D eigenvalue weighted by Crippen LogP contribution is 2.44. The summed E-state index contributed by atoms with van der Waals surface area (Å²) in [6.45, 7) is 2.31. The zero-order valence-corrected chi connectivity index (χ0v) is 20.0. The standard InChI is InChI=1S/C29H24F4N2O2/c1-18-26(29(32,33)27(31)36)25(19-7-9-21(30)10-8-19)23-17-22(11-12-24(23)34-18)35-15-13-28(37,14-16-35)20-5-3-2-4-6-20/h2-12,17,37H,13-16H2,1H3. The van der Waals surface area contributed by atoms with Gasteiger partial charge in [0.2, 0.25) is 0 Å². The van der Waals surface area contributed by atoms with E-state index < -0.39 is 28.9 Å². The van der Waals surface area contributed by atoms with Crippen molar-refractivity contribution in [2.24, 2.45) is 0 Å². The van der Waals surface area contributed by atoms with E-state index in [2.05, 4.69) is 4.98 Å². The molecule has 4 nitrogen and oxygen atoms in total. The average Bonchev–Trinajstić information content (AvgIpc) is 2.89. The fourth-order valence-electron chi connectivity index (χ4n) is 5.14. The van der Waals surface area contributed by atoms with E-state index in [1.165, 1.54) is 19.1 Å². The lowest BCUT2D eigenvalue weighted by atomic mass is 9.84. The summed E-state index contributed by atoms with van der Waals surface area (Å²) in [6.07, 6.45) is 0.928. The number of anilines is 1. The van der Waals surface area contributed by atoms with E-state index in [9.17, 15) is 27.5 Å². The van der Waals surface area contributed by atoms with Crippen LogP contribution in [-0.2, 0) is 16.3 Å². The number of piperidine rings is 1. The quantitative estimate of drug-likeness (QED) is 0.250. The predicted octanol–water partition coefficient (Wildman–Crippen LogP) is 6.43. The van der Waals surface area contributed by atoms with E-state index in [1.807, 2.05) is 41.3 Å². The van der Waals surface area contributed by atoms with Crippen LogP contribution >= 0.6 is 0 Å². The smallest absolute Gasteiger partial charge is 0.375 e. The van der Waals surface area contributed by atoms with Gasteiger partial charge in [-0.2, -0.15) is 13.2 Å². The van der Waals surface area contributed by atoms with Gasteiger partial charge in [0.1, 0.15) is 5.82 Å². The molecule has 8 heteroatoms. The summed E-state index contributed by atoms with van der Waals surface area (Å²) in [7, 11) is 0. The van der Waals surface area contributed by atoms with Crippen LogP contribution in [0, 0.1) is 12.7 Å². The number of aryl methyl sites for hydroxylation is 1. The number of carbonyl (C=O) groups is 1. The van der Waals surface area contributed by atoms with Gasteiger partial charge < -0.3 is 10.0 Å². The second kappa shape index (κ2) is 9.27. The molecule has 0 spiro atoms. The molecule has 1 aliphatic heterocycles. The van der Waals surface area contributed by atoms with Crippen molar-refractivity contribution in [3.05, 3.63) is 95.4 Å². The normalized spacial score (nSPS) is 15.7. The van der Waals surface area contributed by atoms with Crippen molar-refractivity contribution < 1.29 is 27.5 Å². The van der Waals surface area contributed by atoms with Crippen LogP contribution in [0.3, 0.4) is 0 Å². The molecule has 0 amide bonds. The van der Waals surface area contributed by atoms with E-state index in [-0.39, 0.29) is 22.2 Å². The summed E-state index contributed by atoms with van der Waals surface area (Å²) in [6, 6.07) is 16.7. The number of pyridine rings is 1. The number of aromatic nitrogens is 1. The minimum Gasteiger partial charge on any atom is -0.385 e. The van der Waals surface area contributed by atoms with Crippen LogP contribution in [0.5, 0.6) is 0 Å². The highest BCUT2D eigenvalue weighted by atomic mass is 19.3. The van der Waals surface area contributed by atoms with Gasteiger partial charge in [-0.3, -0.25) is 9.78 Å². The predicted molar refractivity (Wildman–Crippen MR) is 134 cm³/mol. The first-order chi connectivity index (χ1) is 17.6. The Kier molecular flexibility index (Phi) is 6.23. The molecule has 0 unspecified atom stereocenters. The van der Waals surface area contributed by atoms with E-state index in [0.717, 1.165) is 17.7 Å². The third-order valence-electron chi connectivity index (χ3n) is 7.11. The Morgan fingerprint density at radius 1 is 1.00 bits per heavy atom. The van der Waals surface area contributed by atoms with Crippen molar-refractivity contribution in [1.29, 1.82) is 0 Å². The number of halogens is 4. The molecular weight excluding hydrogens is 484 g/mol. The number of alkyl halides is 2. The first-order valence-electron chi connectivity index (χ1n) is 11.9. The van der Waals surface area contributed by atoms with Crippen molar-refractivity contribution in [3.8, 4) is 11.1 Å². The Balaban J connectivity index is 1.61. The molecule has 1 aliphatic rings. The van der Waals surface area contributed by atoms with Crippen LogP contribution in [0.1, 0.15) is 29.7 Å². The van der Waals surface area contributed by atoms with Gasteiger partial charge in [-0.25, -0.2) is 4.39 Å². The number of carbonyl (C=O) groups excluding carboxylic acids is 1. The molecule has 0 atom stereocenters. The minimum absolute atomic E-state index is 0.0712. The molecule has 2 heterocycles.